The normalized spacial score (nSPS) is 15.8. The lowest BCUT2D eigenvalue weighted by atomic mass is 10.1. The van der Waals surface area contributed by atoms with Crippen LogP contribution in [0.3, 0.4) is 0 Å². The molecule has 104 valence electrons. The minimum absolute atomic E-state index is 0.00272. The van der Waals surface area contributed by atoms with Crippen molar-refractivity contribution in [2.75, 3.05) is 0 Å². The van der Waals surface area contributed by atoms with Gasteiger partial charge in [-0.2, -0.15) is 0 Å². The molecule has 1 aliphatic carbocycles. The van der Waals surface area contributed by atoms with Crippen LogP contribution in [0.2, 0.25) is 0 Å². The number of benzene rings is 2. The van der Waals surface area contributed by atoms with Crippen molar-refractivity contribution in [1.82, 2.24) is 5.32 Å². The first-order valence-electron chi connectivity index (χ1n) is 7.22. The van der Waals surface area contributed by atoms with Crippen LogP contribution >= 0.6 is 0 Å². The first-order chi connectivity index (χ1) is 9.78. The molecule has 1 aliphatic rings. The number of rotatable bonds is 5. The van der Waals surface area contributed by atoms with E-state index in [9.17, 15) is 4.79 Å². The van der Waals surface area contributed by atoms with E-state index < -0.39 is 6.10 Å². The monoisotopic (exact) mass is 269 g/mol. The zero-order valence-corrected chi connectivity index (χ0v) is 11.6. The Labute approximate surface area is 118 Å². The summed E-state index contributed by atoms with van der Waals surface area (Å²) < 4.78 is 5.96. The van der Waals surface area contributed by atoms with E-state index in [4.69, 9.17) is 4.74 Å². The molecule has 0 heterocycles. The van der Waals surface area contributed by atoms with Crippen LogP contribution in [-0.2, 0) is 4.79 Å². The summed E-state index contributed by atoms with van der Waals surface area (Å²) in [5.41, 5.74) is 0. The Kier molecular flexibility index (Phi) is 3.59. The van der Waals surface area contributed by atoms with E-state index in [1.807, 2.05) is 49.4 Å². The standard InChI is InChI=1S/C17H19NO2/c1-2-15(17(19)18-13-10-11-13)20-16-9-5-7-12-6-3-4-8-14(12)16/h3-9,13,15H,2,10-11H2,1H3,(H,18,19)/t15-/m0/s1. The fourth-order valence-corrected chi connectivity index (χ4v) is 2.30. The summed E-state index contributed by atoms with van der Waals surface area (Å²) in [6.45, 7) is 1.97. The molecular weight excluding hydrogens is 250 g/mol. The van der Waals surface area contributed by atoms with Gasteiger partial charge in [0.05, 0.1) is 0 Å². The second-order valence-electron chi connectivity index (χ2n) is 5.27. The second-order valence-corrected chi connectivity index (χ2v) is 5.27. The molecule has 1 amide bonds. The Morgan fingerprint density at radius 3 is 2.75 bits per heavy atom. The molecule has 0 radical (unpaired) electrons. The number of fused-ring (bicyclic) bond motifs is 1. The molecule has 1 atom stereocenters. The lowest BCUT2D eigenvalue weighted by molar-refractivity contribution is -0.128. The van der Waals surface area contributed by atoms with Crippen molar-refractivity contribution >= 4 is 16.7 Å². The average Bonchev–Trinajstić information content (AvgIpc) is 3.28. The Hall–Kier alpha value is -2.03. The quantitative estimate of drug-likeness (QED) is 0.904. The molecule has 0 bridgehead atoms. The zero-order valence-electron chi connectivity index (χ0n) is 11.6. The van der Waals surface area contributed by atoms with E-state index in [0.29, 0.717) is 12.5 Å². The first-order valence-corrected chi connectivity index (χ1v) is 7.22. The predicted molar refractivity (Wildman–Crippen MR) is 79.8 cm³/mol. The van der Waals surface area contributed by atoms with Gasteiger partial charge in [-0.15, -0.1) is 0 Å². The second kappa shape index (κ2) is 5.53. The summed E-state index contributed by atoms with van der Waals surface area (Å²) in [5.74, 6) is 0.781. The summed E-state index contributed by atoms with van der Waals surface area (Å²) in [5, 5.41) is 5.19. The van der Waals surface area contributed by atoms with Crippen LogP contribution in [0.5, 0.6) is 5.75 Å². The van der Waals surface area contributed by atoms with Gasteiger partial charge in [0.2, 0.25) is 0 Å². The lowest BCUT2D eigenvalue weighted by Gasteiger charge is -2.18. The van der Waals surface area contributed by atoms with E-state index in [1.165, 1.54) is 0 Å². The maximum absolute atomic E-state index is 12.1. The van der Waals surface area contributed by atoms with Crippen molar-refractivity contribution in [3.8, 4) is 5.75 Å². The minimum atomic E-state index is -0.415. The highest BCUT2D eigenvalue weighted by atomic mass is 16.5. The maximum Gasteiger partial charge on any atom is 0.261 e. The third-order valence-corrected chi connectivity index (χ3v) is 3.61. The number of nitrogens with one attached hydrogen (secondary N) is 1. The van der Waals surface area contributed by atoms with E-state index >= 15 is 0 Å². The molecule has 0 spiro atoms. The van der Waals surface area contributed by atoms with Crippen LogP contribution in [-0.4, -0.2) is 18.1 Å². The molecule has 1 N–H and O–H groups in total. The van der Waals surface area contributed by atoms with Crippen molar-refractivity contribution in [1.29, 1.82) is 0 Å². The molecule has 1 saturated carbocycles. The largest absolute Gasteiger partial charge is 0.480 e. The fraction of sp³-hybridized carbons (Fsp3) is 0.353. The van der Waals surface area contributed by atoms with Crippen molar-refractivity contribution in [2.24, 2.45) is 0 Å². The molecular formula is C17H19NO2. The highest BCUT2D eigenvalue weighted by Gasteiger charge is 2.27. The minimum Gasteiger partial charge on any atom is -0.480 e. The van der Waals surface area contributed by atoms with Gasteiger partial charge < -0.3 is 10.1 Å². The number of carbonyl (C=O) groups excluding carboxylic acids is 1. The Morgan fingerprint density at radius 1 is 1.25 bits per heavy atom. The van der Waals surface area contributed by atoms with Crippen molar-refractivity contribution in [3.05, 3.63) is 42.5 Å². The average molecular weight is 269 g/mol. The maximum atomic E-state index is 12.1. The molecule has 0 saturated heterocycles. The lowest BCUT2D eigenvalue weighted by Crippen LogP contribution is -2.39. The van der Waals surface area contributed by atoms with Crippen LogP contribution in [0.25, 0.3) is 10.8 Å². The van der Waals surface area contributed by atoms with Crippen LogP contribution in [0.4, 0.5) is 0 Å². The third-order valence-electron chi connectivity index (χ3n) is 3.61. The van der Waals surface area contributed by atoms with E-state index in [0.717, 1.165) is 29.4 Å². The summed E-state index contributed by atoms with van der Waals surface area (Å²) in [6, 6.07) is 14.4. The third kappa shape index (κ3) is 2.77. The topological polar surface area (TPSA) is 38.3 Å². The molecule has 3 rings (SSSR count). The van der Waals surface area contributed by atoms with Crippen molar-refractivity contribution in [2.45, 2.75) is 38.3 Å². The van der Waals surface area contributed by atoms with Gasteiger partial charge in [-0.05, 0) is 30.7 Å². The molecule has 3 heteroatoms. The highest BCUT2D eigenvalue weighted by molar-refractivity contribution is 5.89. The summed E-state index contributed by atoms with van der Waals surface area (Å²) >= 11 is 0. The number of ether oxygens (including phenoxy) is 1. The van der Waals surface area contributed by atoms with Crippen LogP contribution in [0.1, 0.15) is 26.2 Å². The summed E-state index contributed by atoms with van der Waals surface area (Å²) in [7, 11) is 0. The molecule has 1 fully saturated rings. The van der Waals surface area contributed by atoms with Crippen LogP contribution in [0, 0.1) is 0 Å². The number of hydrogen-bond donors (Lipinski definition) is 1. The Balaban J connectivity index is 1.81. The van der Waals surface area contributed by atoms with Gasteiger partial charge in [-0.3, -0.25) is 4.79 Å². The highest BCUT2D eigenvalue weighted by Crippen LogP contribution is 2.27. The molecule has 0 aromatic heterocycles. The van der Waals surface area contributed by atoms with E-state index in [2.05, 4.69) is 5.32 Å². The fourth-order valence-electron chi connectivity index (χ4n) is 2.30. The Morgan fingerprint density at radius 2 is 2.00 bits per heavy atom. The summed E-state index contributed by atoms with van der Waals surface area (Å²) in [4.78, 5) is 12.1. The van der Waals surface area contributed by atoms with Crippen LogP contribution < -0.4 is 10.1 Å². The van der Waals surface area contributed by atoms with Gasteiger partial charge in [0.1, 0.15) is 5.75 Å². The Bertz CT molecular complexity index is 614. The number of hydrogen-bond acceptors (Lipinski definition) is 2. The number of amides is 1. The van der Waals surface area contributed by atoms with Crippen molar-refractivity contribution in [3.63, 3.8) is 0 Å². The first kappa shape index (κ1) is 13.0. The number of carbonyl (C=O) groups is 1. The van der Waals surface area contributed by atoms with Gasteiger partial charge in [-0.25, -0.2) is 0 Å². The van der Waals surface area contributed by atoms with E-state index in [-0.39, 0.29) is 5.91 Å². The molecule has 2 aromatic rings. The van der Waals surface area contributed by atoms with Crippen molar-refractivity contribution < 1.29 is 9.53 Å². The SMILES string of the molecule is CC[C@H](Oc1cccc2ccccc12)C(=O)NC1CC1. The molecule has 0 aliphatic heterocycles. The van der Waals surface area contributed by atoms with Gasteiger partial charge in [0.15, 0.2) is 6.10 Å². The van der Waals surface area contributed by atoms with Gasteiger partial charge >= 0.3 is 0 Å². The van der Waals surface area contributed by atoms with Crippen LogP contribution in [0.15, 0.2) is 42.5 Å². The smallest absolute Gasteiger partial charge is 0.261 e. The van der Waals surface area contributed by atoms with Gasteiger partial charge in [0.25, 0.3) is 5.91 Å². The molecule has 2 aromatic carbocycles. The van der Waals surface area contributed by atoms with Gasteiger partial charge in [-0.1, -0.05) is 43.3 Å². The zero-order chi connectivity index (χ0) is 13.9. The van der Waals surface area contributed by atoms with Gasteiger partial charge in [0, 0.05) is 11.4 Å². The van der Waals surface area contributed by atoms with E-state index in [1.54, 1.807) is 0 Å². The molecule has 20 heavy (non-hydrogen) atoms. The summed E-state index contributed by atoms with van der Waals surface area (Å²) in [6.07, 6.45) is 2.44. The molecule has 0 unspecified atom stereocenters. The predicted octanol–water partition coefficient (Wildman–Crippen LogP) is 3.28. The molecule has 3 nitrogen and oxygen atoms in total.